The average molecular weight is 237 g/mol. The van der Waals surface area contributed by atoms with Crippen molar-refractivity contribution in [3.63, 3.8) is 0 Å². The maximum atomic E-state index is 3.63. The van der Waals surface area contributed by atoms with Gasteiger partial charge in [-0.25, -0.2) is 0 Å². The second-order valence-corrected chi connectivity index (χ2v) is 6.88. The monoisotopic (exact) mass is 237 g/mol. The van der Waals surface area contributed by atoms with Crippen LogP contribution in [0.25, 0.3) is 0 Å². The van der Waals surface area contributed by atoms with Crippen LogP contribution in [0, 0.1) is 29.6 Å². The molecule has 1 N–H and O–H groups in total. The molecular weight excluding hydrogens is 206 g/mol. The van der Waals surface area contributed by atoms with E-state index in [1.807, 2.05) is 0 Å². The highest BCUT2D eigenvalue weighted by atomic mass is 14.9. The summed E-state index contributed by atoms with van der Waals surface area (Å²) in [7, 11) is 0. The molecule has 1 heteroatoms. The summed E-state index contributed by atoms with van der Waals surface area (Å²) in [6.45, 7) is 9.69. The Morgan fingerprint density at radius 2 is 1.71 bits per heavy atom. The molecule has 2 fully saturated rings. The van der Waals surface area contributed by atoms with Gasteiger partial charge in [-0.1, -0.05) is 20.8 Å². The van der Waals surface area contributed by atoms with E-state index in [2.05, 4.69) is 26.1 Å². The Labute approximate surface area is 108 Å². The third kappa shape index (κ3) is 3.47. The van der Waals surface area contributed by atoms with Gasteiger partial charge in [0.05, 0.1) is 0 Å². The molecule has 1 nitrogen and oxygen atoms in total. The van der Waals surface area contributed by atoms with Gasteiger partial charge < -0.3 is 5.32 Å². The Morgan fingerprint density at radius 3 is 2.24 bits per heavy atom. The average Bonchev–Trinajstić information content (AvgIpc) is 2.21. The molecule has 2 saturated carbocycles. The molecule has 4 atom stereocenters. The minimum Gasteiger partial charge on any atom is -0.316 e. The van der Waals surface area contributed by atoms with Gasteiger partial charge in [-0.3, -0.25) is 0 Å². The number of nitrogens with one attached hydrogen (secondary N) is 1. The number of hydrogen-bond acceptors (Lipinski definition) is 1. The lowest BCUT2D eigenvalue weighted by Crippen LogP contribution is -2.41. The van der Waals surface area contributed by atoms with Crippen LogP contribution in [0.3, 0.4) is 0 Å². The zero-order valence-corrected chi connectivity index (χ0v) is 12.0. The first-order valence-corrected chi connectivity index (χ1v) is 7.91. The van der Waals surface area contributed by atoms with Crippen LogP contribution in [-0.2, 0) is 0 Å². The van der Waals surface area contributed by atoms with Crippen molar-refractivity contribution in [1.29, 1.82) is 0 Å². The van der Waals surface area contributed by atoms with Crippen LogP contribution in [0.2, 0.25) is 0 Å². The molecule has 0 aliphatic heterocycles. The Kier molecular flexibility index (Phi) is 4.90. The second kappa shape index (κ2) is 6.22. The van der Waals surface area contributed by atoms with E-state index in [1.54, 1.807) is 0 Å². The fourth-order valence-electron chi connectivity index (χ4n) is 4.29. The Bertz CT molecular complexity index is 216. The zero-order chi connectivity index (χ0) is 12.3. The van der Waals surface area contributed by atoms with E-state index >= 15 is 0 Å². The van der Waals surface area contributed by atoms with Crippen molar-refractivity contribution < 1.29 is 0 Å². The molecule has 17 heavy (non-hydrogen) atoms. The first-order valence-electron chi connectivity index (χ1n) is 7.91. The van der Waals surface area contributed by atoms with Crippen LogP contribution >= 0.6 is 0 Å². The summed E-state index contributed by atoms with van der Waals surface area (Å²) in [5.41, 5.74) is 0. The maximum absolute atomic E-state index is 3.63. The maximum Gasteiger partial charge on any atom is -0.00178 e. The highest BCUT2D eigenvalue weighted by Gasteiger charge is 2.39. The second-order valence-electron chi connectivity index (χ2n) is 6.88. The molecule has 2 aliphatic carbocycles. The van der Waals surface area contributed by atoms with Crippen molar-refractivity contribution in [1.82, 2.24) is 5.32 Å². The van der Waals surface area contributed by atoms with Gasteiger partial charge >= 0.3 is 0 Å². The van der Waals surface area contributed by atoms with Gasteiger partial charge in [-0.15, -0.1) is 0 Å². The molecule has 0 saturated heterocycles. The molecule has 0 bridgehead atoms. The topological polar surface area (TPSA) is 12.0 Å². The van der Waals surface area contributed by atoms with E-state index in [0.29, 0.717) is 0 Å². The zero-order valence-electron chi connectivity index (χ0n) is 12.0. The van der Waals surface area contributed by atoms with Crippen LogP contribution in [-0.4, -0.2) is 13.1 Å². The summed E-state index contributed by atoms with van der Waals surface area (Å²) in [4.78, 5) is 0. The molecule has 0 radical (unpaired) electrons. The van der Waals surface area contributed by atoms with Gasteiger partial charge in [-0.05, 0) is 81.2 Å². The summed E-state index contributed by atoms with van der Waals surface area (Å²) in [6, 6.07) is 0. The summed E-state index contributed by atoms with van der Waals surface area (Å²) in [5, 5.41) is 3.63. The van der Waals surface area contributed by atoms with Crippen molar-refractivity contribution in [3.05, 3.63) is 0 Å². The molecule has 0 heterocycles. The largest absolute Gasteiger partial charge is 0.316 e. The fourth-order valence-corrected chi connectivity index (χ4v) is 4.29. The smallest absolute Gasteiger partial charge is 0.00178 e. The van der Waals surface area contributed by atoms with Crippen molar-refractivity contribution in [2.24, 2.45) is 29.6 Å². The lowest BCUT2D eigenvalue weighted by atomic mass is 9.60. The summed E-state index contributed by atoms with van der Waals surface area (Å²) in [5.74, 6) is 5.08. The van der Waals surface area contributed by atoms with E-state index < -0.39 is 0 Å². The number of rotatable bonds is 5. The number of hydrogen-bond donors (Lipinski definition) is 1. The van der Waals surface area contributed by atoms with Crippen LogP contribution in [0.15, 0.2) is 0 Å². The highest BCUT2D eigenvalue weighted by molar-refractivity contribution is 4.90. The van der Waals surface area contributed by atoms with Crippen LogP contribution in [0.5, 0.6) is 0 Å². The fraction of sp³-hybridized carbons (Fsp3) is 1.00. The van der Waals surface area contributed by atoms with E-state index in [0.717, 1.165) is 29.6 Å². The third-order valence-corrected chi connectivity index (χ3v) is 5.13. The Morgan fingerprint density at radius 1 is 1.00 bits per heavy atom. The summed E-state index contributed by atoms with van der Waals surface area (Å²) < 4.78 is 0. The van der Waals surface area contributed by atoms with Crippen LogP contribution in [0.4, 0.5) is 0 Å². The van der Waals surface area contributed by atoms with Gasteiger partial charge in [0, 0.05) is 0 Å². The molecule has 2 rings (SSSR count). The minimum atomic E-state index is 0.980. The standard InChI is InChI=1S/C16H31N/c1-4-7-17-11-14-5-6-16(14)15-9-12(2)8-13(3)10-15/h12-17H,4-11H2,1-3H3. The van der Waals surface area contributed by atoms with Crippen molar-refractivity contribution in [2.45, 2.75) is 59.3 Å². The lowest BCUT2D eigenvalue weighted by molar-refractivity contribution is 0.0498. The van der Waals surface area contributed by atoms with Crippen molar-refractivity contribution in [2.75, 3.05) is 13.1 Å². The quantitative estimate of drug-likeness (QED) is 0.710. The third-order valence-electron chi connectivity index (χ3n) is 5.13. The van der Waals surface area contributed by atoms with Gasteiger partial charge in [-0.2, -0.15) is 0 Å². The van der Waals surface area contributed by atoms with Crippen LogP contribution in [0.1, 0.15) is 59.3 Å². The van der Waals surface area contributed by atoms with E-state index in [9.17, 15) is 0 Å². The predicted octanol–water partition coefficient (Wildman–Crippen LogP) is 4.08. The summed E-state index contributed by atoms with van der Waals surface area (Å²) >= 11 is 0. The molecule has 0 aromatic carbocycles. The summed E-state index contributed by atoms with van der Waals surface area (Å²) in [6.07, 6.45) is 8.78. The van der Waals surface area contributed by atoms with E-state index in [4.69, 9.17) is 0 Å². The first-order chi connectivity index (χ1) is 8.20. The lowest BCUT2D eigenvalue weighted by Gasteiger charge is -2.46. The SMILES string of the molecule is CCCNCC1CCC1C1CC(C)CC(C)C1. The molecule has 2 aliphatic rings. The molecule has 0 aromatic heterocycles. The van der Waals surface area contributed by atoms with Crippen molar-refractivity contribution >= 4 is 0 Å². The molecule has 0 aromatic rings. The Balaban J connectivity index is 1.77. The van der Waals surface area contributed by atoms with Gasteiger partial charge in [0.25, 0.3) is 0 Å². The predicted molar refractivity (Wildman–Crippen MR) is 75.0 cm³/mol. The first kappa shape index (κ1) is 13.4. The van der Waals surface area contributed by atoms with E-state index in [1.165, 1.54) is 51.6 Å². The molecule has 4 unspecified atom stereocenters. The molecular formula is C16H31N. The normalized spacial score (nSPS) is 42.2. The molecule has 100 valence electrons. The van der Waals surface area contributed by atoms with Crippen LogP contribution < -0.4 is 5.32 Å². The van der Waals surface area contributed by atoms with Gasteiger partial charge in [0.2, 0.25) is 0 Å². The van der Waals surface area contributed by atoms with Gasteiger partial charge in [0.1, 0.15) is 0 Å². The Hall–Kier alpha value is -0.0400. The van der Waals surface area contributed by atoms with Crippen molar-refractivity contribution in [3.8, 4) is 0 Å². The van der Waals surface area contributed by atoms with E-state index in [-0.39, 0.29) is 0 Å². The molecule has 0 spiro atoms. The minimum absolute atomic E-state index is 0.980. The molecule has 0 amide bonds. The highest BCUT2D eigenvalue weighted by Crippen LogP contribution is 2.47. The van der Waals surface area contributed by atoms with Gasteiger partial charge in [0.15, 0.2) is 0 Å².